The second kappa shape index (κ2) is 7.91. The number of hydrogen-bond donors (Lipinski definition) is 1. The van der Waals surface area contributed by atoms with Crippen molar-refractivity contribution in [3.63, 3.8) is 0 Å². The minimum absolute atomic E-state index is 0.607. The van der Waals surface area contributed by atoms with E-state index in [1.807, 2.05) is 14.0 Å². The maximum Gasteiger partial charge on any atom is 0.130 e. The van der Waals surface area contributed by atoms with Crippen LogP contribution in [0.1, 0.15) is 51.3 Å². The van der Waals surface area contributed by atoms with Gasteiger partial charge >= 0.3 is 0 Å². The van der Waals surface area contributed by atoms with Gasteiger partial charge in [0.25, 0.3) is 0 Å². The average molecular weight is 286 g/mol. The zero-order chi connectivity index (χ0) is 14.4. The highest BCUT2D eigenvalue weighted by molar-refractivity contribution is 6.30. The van der Waals surface area contributed by atoms with Crippen LogP contribution < -0.4 is 5.32 Å². The van der Waals surface area contributed by atoms with Gasteiger partial charge in [-0.1, -0.05) is 32.4 Å². The zero-order valence-corrected chi connectivity index (χ0v) is 13.7. The Morgan fingerprint density at radius 1 is 1.37 bits per heavy atom. The molecule has 1 heterocycles. The van der Waals surface area contributed by atoms with Gasteiger partial charge in [0.05, 0.1) is 5.69 Å². The monoisotopic (exact) mass is 285 g/mol. The third kappa shape index (κ3) is 4.81. The van der Waals surface area contributed by atoms with Crippen molar-refractivity contribution < 1.29 is 0 Å². The van der Waals surface area contributed by atoms with Gasteiger partial charge in [-0.25, -0.2) is 0 Å². The molecule has 1 aromatic rings. The van der Waals surface area contributed by atoms with Crippen LogP contribution in [-0.2, 0) is 13.5 Å². The van der Waals surface area contributed by atoms with Gasteiger partial charge in [-0.2, -0.15) is 5.10 Å². The van der Waals surface area contributed by atoms with Crippen LogP contribution in [0.4, 0.5) is 0 Å². The highest BCUT2D eigenvalue weighted by atomic mass is 35.5. The summed E-state index contributed by atoms with van der Waals surface area (Å²) in [4.78, 5) is 0. The van der Waals surface area contributed by atoms with Gasteiger partial charge in [0, 0.05) is 18.7 Å². The number of nitrogens with one attached hydrogen (secondary N) is 1. The smallest absolute Gasteiger partial charge is 0.130 e. The first-order valence-corrected chi connectivity index (χ1v) is 7.76. The van der Waals surface area contributed by atoms with Crippen LogP contribution in [0.3, 0.4) is 0 Å². The molecule has 1 aromatic heterocycles. The SMILES string of the molecule is CCCNC(CCCc1c(C)nn(C)c1Cl)C(C)C. The predicted octanol–water partition coefficient (Wildman–Crippen LogP) is 3.73. The molecule has 0 radical (unpaired) electrons. The number of rotatable bonds is 8. The van der Waals surface area contributed by atoms with Crippen molar-refractivity contribution >= 4 is 11.6 Å². The summed E-state index contributed by atoms with van der Waals surface area (Å²) in [5.74, 6) is 0.678. The van der Waals surface area contributed by atoms with E-state index in [-0.39, 0.29) is 0 Å². The van der Waals surface area contributed by atoms with E-state index in [9.17, 15) is 0 Å². The molecule has 1 atom stereocenters. The lowest BCUT2D eigenvalue weighted by Gasteiger charge is -2.22. The van der Waals surface area contributed by atoms with Crippen molar-refractivity contribution in [2.45, 2.75) is 59.4 Å². The zero-order valence-electron chi connectivity index (χ0n) is 13.0. The molecule has 1 N–H and O–H groups in total. The fourth-order valence-corrected chi connectivity index (χ4v) is 2.73. The van der Waals surface area contributed by atoms with Gasteiger partial charge < -0.3 is 5.32 Å². The third-order valence-electron chi connectivity index (χ3n) is 3.67. The highest BCUT2D eigenvalue weighted by Gasteiger charge is 2.14. The van der Waals surface area contributed by atoms with Gasteiger partial charge in [0.2, 0.25) is 0 Å². The first kappa shape index (κ1) is 16.5. The Morgan fingerprint density at radius 3 is 2.53 bits per heavy atom. The summed E-state index contributed by atoms with van der Waals surface area (Å²) in [6, 6.07) is 0.607. The normalized spacial score (nSPS) is 13.2. The lowest BCUT2D eigenvalue weighted by molar-refractivity contribution is 0.370. The molecule has 0 aliphatic rings. The molecule has 1 rings (SSSR count). The van der Waals surface area contributed by atoms with Crippen LogP contribution in [0.25, 0.3) is 0 Å². The van der Waals surface area contributed by atoms with Gasteiger partial charge in [0.15, 0.2) is 0 Å². The Hall–Kier alpha value is -0.540. The van der Waals surface area contributed by atoms with Crippen molar-refractivity contribution in [2.24, 2.45) is 13.0 Å². The molecule has 0 amide bonds. The van der Waals surface area contributed by atoms with E-state index in [4.69, 9.17) is 11.6 Å². The minimum Gasteiger partial charge on any atom is -0.314 e. The molecule has 0 saturated carbocycles. The van der Waals surface area contributed by atoms with Gasteiger partial charge in [-0.15, -0.1) is 0 Å². The van der Waals surface area contributed by atoms with E-state index in [0.717, 1.165) is 30.2 Å². The quantitative estimate of drug-likeness (QED) is 0.789. The molecule has 0 aromatic carbocycles. The largest absolute Gasteiger partial charge is 0.314 e. The van der Waals surface area contributed by atoms with Crippen molar-refractivity contribution in [3.05, 3.63) is 16.4 Å². The van der Waals surface area contributed by atoms with E-state index in [1.165, 1.54) is 18.4 Å². The average Bonchev–Trinajstić information content (AvgIpc) is 2.59. The predicted molar refractivity (Wildman–Crippen MR) is 82.8 cm³/mol. The topological polar surface area (TPSA) is 29.9 Å². The van der Waals surface area contributed by atoms with Crippen LogP contribution >= 0.6 is 11.6 Å². The van der Waals surface area contributed by atoms with E-state index < -0.39 is 0 Å². The summed E-state index contributed by atoms with van der Waals surface area (Å²) < 4.78 is 1.77. The molecule has 0 spiro atoms. The number of halogens is 1. The van der Waals surface area contributed by atoms with Crippen LogP contribution in [0.15, 0.2) is 0 Å². The maximum atomic E-state index is 6.26. The standard InChI is InChI=1S/C15H28ClN3/c1-6-10-17-14(11(2)3)9-7-8-13-12(4)18-19(5)15(13)16/h11,14,17H,6-10H2,1-5H3. The van der Waals surface area contributed by atoms with E-state index >= 15 is 0 Å². The Morgan fingerprint density at radius 2 is 2.05 bits per heavy atom. The number of hydrogen-bond acceptors (Lipinski definition) is 2. The minimum atomic E-state index is 0.607. The maximum absolute atomic E-state index is 6.26. The number of aryl methyl sites for hydroxylation is 2. The molecule has 19 heavy (non-hydrogen) atoms. The summed E-state index contributed by atoms with van der Waals surface area (Å²) in [6.45, 7) is 9.93. The lowest BCUT2D eigenvalue weighted by Crippen LogP contribution is -2.34. The van der Waals surface area contributed by atoms with Gasteiger partial charge in [-0.05, 0) is 45.1 Å². The fraction of sp³-hybridized carbons (Fsp3) is 0.800. The summed E-state index contributed by atoms with van der Waals surface area (Å²) in [5.41, 5.74) is 2.28. The Balaban J connectivity index is 2.47. The van der Waals surface area contributed by atoms with Crippen molar-refractivity contribution in [2.75, 3.05) is 6.54 Å². The number of aromatic nitrogens is 2. The molecule has 0 saturated heterocycles. The molecule has 0 aliphatic heterocycles. The van der Waals surface area contributed by atoms with Crippen LogP contribution in [0, 0.1) is 12.8 Å². The van der Waals surface area contributed by atoms with Crippen LogP contribution in [0.2, 0.25) is 5.15 Å². The molecular weight excluding hydrogens is 258 g/mol. The molecular formula is C15H28ClN3. The van der Waals surface area contributed by atoms with Gasteiger partial charge in [-0.3, -0.25) is 4.68 Å². The Kier molecular flexibility index (Phi) is 6.87. The first-order chi connectivity index (χ1) is 8.97. The van der Waals surface area contributed by atoms with Crippen molar-refractivity contribution in [1.82, 2.24) is 15.1 Å². The fourth-order valence-electron chi connectivity index (χ4n) is 2.46. The Labute approximate surface area is 122 Å². The molecule has 3 nitrogen and oxygen atoms in total. The van der Waals surface area contributed by atoms with E-state index in [2.05, 4.69) is 31.2 Å². The van der Waals surface area contributed by atoms with E-state index in [1.54, 1.807) is 4.68 Å². The summed E-state index contributed by atoms with van der Waals surface area (Å²) >= 11 is 6.26. The summed E-state index contributed by atoms with van der Waals surface area (Å²) in [7, 11) is 1.90. The molecule has 0 aliphatic carbocycles. The molecule has 0 fully saturated rings. The Bertz CT molecular complexity index is 385. The van der Waals surface area contributed by atoms with Crippen molar-refractivity contribution in [1.29, 1.82) is 0 Å². The highest BCUT2D eigenvalue weighted by Crippen LogP contribution is 2.21. The van der Waals surface area contributed by atoms with E-state index in [0.29, 0.717) is 12.0 Å². The van der Waals surface area contributed by atoms with Crippen LogP contribution in [-0.4, -0.2) is 22.4 Å². The van der Waals surface area contributed by atoms with Crippen molar-refractivity contribution in [3.8, 4) is 0 Å². The second-order valence-electron chi connectivity index (χ2n) is 5.68. The molecule has 0 bridgehead atoms. The molecule has 4 heteroatoms. The lowest BCUT2D eigenvalue weighted by atomic mass is 9.97. The third-order valence-corrected chi connectivity index (χ3v) is 4.15. The number of nitrogens with zero attached hydrogens (tertiary/aromatic N) is 2. The summed E-state index contributed by atoms with van der Waals surface area (Å²) in [6.07, 6.45) is 4.57. The first-order valence-electron chi connectivity index (χ1n) is 7.38. The summed E-state index contributed by atoms with van der Waals surface area (Å²) in [5, 5.41) is 8.79. The van der Waals surface area contributed by atoms with Gasteiger partial charge in [0.1, 0.15) is 5.15 Å². The second-order valence-corrected chi connectivity index (χ2v) is 6.03. The van der Waals surface area contributed by atoms with Crippen LogP contribution in [0.5, 0.6) is 0 Å². The molecule has 110 valence electrons. The molecule has 1 unspecified atom stereocenters.